The molecule has 1 unspecified atom stereocenters. The minimum atomic E-state index is -0.286. The lowest BCUT2D eigenvalue weighted by atomic mass is 9.90. The number of rotatable bonds is 5. The second kappa shape index (κ2) is 17.0. The Morgan fingerprint density at radius 3 is 2.00 bits per heavy atom. The van der Waals surface area contributed by atoms with Gasteiger partial charge in [0.25, 0.3) is 0 Å². The van der Waals surface area contributed by atoms with E-state index in [1.165, 1.54) is 63.4 Å². The highest BCUT2D eigenvalue weighted by Gasteiger charge is 2.44. The Morgan fingerprint density at radius 2 is 1.64 bits per heavy atom. The topological polar surface area (TPSA) is 66.1 Å². The van der Waals surface area contributed by atoms with Crippen molar-refractivity contribution >= 4 is 55.2 Å². The van der Waals surface area contributed by atoms with Gasteiger partial charge in [-0.3, -0.25) is 0 Å². The molecule has 1 saturated carbocycles. The quantitative estimate of drug-likeness (QED) is 0.161. The lowest BCUT2D eigenvalue weighted by Crippen LogP contribution is -2.41. The minimum absolute atomic E-state index is 0.132. The van der Waals surface area contributed by atoms with Crippen LogP contribution in [0.1, 0.15) is 96.0 Å². The maximum absolute atomic E-state index is 11.7. The number of ether oxygens (including phenoxy) is 1. The standard InChI is InChI=1S/C16H18BrNO2.C6H13BO2.C6H15N.C4H5OP/c1-18-13-9-11(16(19)20-2)7-8-12(13)14(15(18)17)10-5-3-4-6-10;1-5(2)6(3,4)9-7-8-5;1-4-7(5-2)6-3;6-4-2-1-3-5-4/h7-10H,3-6H2,1-2H3;7H,1-4H3;4-6H2,1-3H3;1-3H,6H2. The Hall–Kier alpha value is -1.64. The van der Waals surface area contributed by atoms with Crippen LogP contribution in [0.4, 0.5) is 0 Å². The fraction of sp³-hybridized carbons (Fsp3) is 0.594. The van der Waals surface area contributed by atoms with E-state index < -0.39 is 0 Å². The van der Waals surface area contributed by atoms with E-state index in [1.54, 1.807) is 6.26 Å². The van der Waals surface area contributed by atoms with E-state index in [4.69, 9.17) is 18.5 Å². The summed E-state index contributed by atoms with van der Waals surface area (Å²) < 4.78 is 23.5. The molecule has 1 aliphatic heterocycles. The van der Waals surface area contributed by atoms with Gasteiger partial charge in [-0.05, 0) is 112 Å². The summed E-state index contributed by atoms with van der Waals surface area (Å²) in [6.07, 6.45) is 6.79. The van der Waals surface area contributed by atoms with Gasteiger partial charge in [0.05, 0.1) is 34.7 Å². The van der Waals surface area contributed by atoms with Crippen molar-refractivity contribution < 1.29 is 23.3 Å². The van der Waals surface area contributed by atoms with Gasteiger partial charge < -0.3 is 27.9 Å². The number of carbonyl (C=O) groups is 1. The van der Waals surface area contributed by atoms with Crippen LogP contribution in [0.15, 0.2) is 45.6 Å². The number of methoxy groups -OCH3 is 1. The highest BCUT2D eigenvalue weighted by molar-refractivity contribution is 9.10. The van der Waals surface area contributed by atoms with E-state index in [0.717, 1.165) is 15.6 Å². The average molecular weight is 665 g/mol. The summed E-state index contributed by atoms with van der Waals surface area (Å²) in [4.78, 5) is 14.0. The summed E-state index contributed by atoms with van der Waals surface area (Å²) in [5.74, 6) is 0.351. The first-order chi connectivity index (χ1) is 19.8. The van der Waals surface area contributed by atoms with E-state index in [-0.39, 0.29) is 17.2 Å². The molecule has 42 heavy (non-hydrogen) atoms. The zero-order valence-electron chi connectivity index (χ0n) is 27.1. The van der Waals surface area contributed by atoms with Crippen molar-refractivity contribution in [3.8, 4) is 0 Å². The first kappa shape index (κ1) is 36.6. The van der Waals surface area contributed by atoms with Crippen LogP contribution in [0.5, 0.6) is 0 Å². The van der Waals surface area contributed by atoms with Gasteiger partial charge in [-0.25, -0.2) is 4.79 Å². The molecule has 0 radical (unpaired) electrons. The van der Waals surface area contributed by atoms with E-state index in [9.17, 15) is 4.79 Å². The van der Waals surface area contributed by atoms with E-state index in [2.05, 4.69) is 61.5 Å². The molecule has 7 nitrogen and oxygen atoms in total. The van der Waals surface area contributed by atoms with Crippen LogP contribution in [0, 0.1) is 0 Å². The van der Waals surface area contributed by atoms with Crippen molar-refractivity contribution in [3.63, 3.8) is 0 Å². The van der Waals surface area contributed by atoms with Gasteiger partial charge in [-0.2, -0.15) is 0 Å². The molecule has 1 saturated heterocycles. The third kappa shape index (κ3) is 9.69. The van der Waals surface area contributed by atoms with E-state index in [0.29, 0.717) is 19.2 Å². The van der Waals surface area contributed by atoms with Crippen LogP contribution in [0.2, 0.25) is 0 Å². The average Bonchev–Trinajstić information content (AvgIpc) is 3.76. The number of fused-ring (bicyclic) bond motifs is 1. The molecule has 1 aliphatic carbocycles. The smallest absolute Gasteiger partial charge is 0.439 e. The molecule has 3 heterocycles. The third-order valence-corrected chi connectivity index (χ3v) is 9.81. The summed E-state index contributed by atoms with van der Waals surface area (Å²) in [6.45, 7) is 18.3. The second-order valence-corrected chi connectivity index (χ2v) is 12.9. The summed E-state index contributed by atoms with van der Waals surface area (Å²) >= 11 is 3.73. The summed E-state index contributed by atoms with van der Waals surface area (Å²) in [5.41, 5.74) is 3.71. The molecule has 10 heteroatoms. The molecule has 0 spiro atoms. The molecular formula is C32H51BBrN2O5P. The number of esters is 1. The predicted octanol–water partition coefficient (Wildman–Crippen LogP) is 7.37. The fourth-order valence-corrected chi connectivity index (χ4v) is 5.83. The minimum Gasteiger partial charge on any atom is -0.465 e. The molecule has 0 amide bonds. The number of aromatic nitrogens is 1. The van der Waals surface area contributed by atoms with Crippen LogP contribution < -0.4 is 5.50 Å². The Morgan fingerprint density at radius 1 is 1.07 bits per heavy atom. The summed E-state index contributed by atoms with van der Waals surface area (Å²) in [5, 5.41) is 1.25. The first-order valence-corrected chi connectivity index (χ1v) is 16.4. The summed E-state index contributed by atoms with van der Waals surface area (Å²) in [6, 6.07) is 9.57. The number of benzene rings is 1. The van der Waals surface area contributed by atoms with Gasteiger partial charge >= 0.3 is 13.7 Å². The normalized spacial score (nSPS) is 17.0. The predicted molar refractivity (Wildman–Crippen MR) is 182 cm³/mol. The number of halogens is 1. The van der Waals surface area contributed by atoms with Gasteiger partial charge in [-0.15, -0.1) is 0 Å². The SMILES string of the molecule is CC1(C)OBOC1(C)C.CCN(CC)CC.COC(=O)c1ccc2c(C3CCCC3)c(Br)n(C)c2c1.Pc1ccco1. The van der Waals surface area contributed by atoms with Crippen LogP contribution in [-0.2, 0) is 21.1 Å². The Balaban J connectivity index is 0.000000231. The number of furan rings is 1. The van der Waals surface area contributed by atoms with E-state index >= 15 is 0 Å². The van der Waals surface area contributed by atoms with Gasteiger partial charge in [0.1, 0.15) is 5.50 Å². The number of hydrogen-bond acceptors (Lipinski definition) is 6. The molecule has 1 aromatic carbocycles. The maximum atomic E-state index is 11.7. The van der Waals surface area contributed by atoms with Crippen LogP contribution in [-0.4, -0.2) is 61.1 Å². The Labute approximate surface area is 264 Å². The molecule has 0 bridgehead atoms. The number of nitrogens with zero attached hydrogens (tertiary/aromatic N) is 2. The van der Waals surface area contributed by atoms with Crippen LogP contribution in [0.3, 0.4) is 0 Å². The number of aryl methyl sites for hydroxylation is 1. The van der Waals surface area contributed by atoms with E-state index in [1.807, 2.05) is 59.0 Å². The molecule has 1 atom stereocenters. The number of carbonyl (C=O) groups excluding carboxylic acids is 1. The van der Waals surface area contributed by atoms with Gasteiger partial charge in [0.15, 0.2) is 0 Å². The van der Waals surface area contributed by atoms with Crippen molar-refractivity contribution in [1.29, 1.82) is 0 Å². The molecule has 234 valence electrons. The fourth-order valence-electron chi connectivity index (χ4n) is 4.92. The van der Waals surface area contributed by atoms with Crippen molar-refractivity contribution in [3.05, 3.63) is 52.3 Å². The maximum Gasteiger partial charge on any atom is 0.439 e. The molecule has 5 rings (SSSR count). The Bertz CT molecular complexity index is 1220. The largest absolute Gasteiger partial charge is 0.465 e. The van der Waals surface area contributed by atoms with Gasteiger partial charge in [0.2, 0.25) is 0 Å². The third-order valence-electron chi connectivity index (χ3n) is 8.52. The monoisotopic (exact) mass is 664 g/mol. The lowest BCUT2D eigenvalue weighted by Gasteiger charge is -2.32. The number of hydrogen-bond donors (Lipinski definition) is 0. The zero-order valence-corrected chi connectivity index (χ0v) is 29.8. The summed E-state index contributed by atoms with van der Waals surface area (Å²) in [7, 11) is 6.33. The highest BCUT2D eigenvalue weighted by atomic mass is 79.9. The van der Waals surface area contributed by atoms with Crippen LogP contribution >= 0.6 is 25.2 Å². The molecule has 0 N–H and O–H groups in total. The Kier molecular flexibility index (Phi) is 14.8. The second-order valence-electron chi connectivity index (χ2n) is 11.5. The van der Waals surface area contributed by atoms with Gasteiger partial charge in [-0.1, -0.05) is 48.9 Å². The first-order valence-electron chi connectivity index (χ1n) is 15.0. The molecule has 2 aromatic heterocycles. The molecule has 3 aromatic rings. The zero-order chi connectivity index (χ0) is 31.5. The van der Waals surface area contributed by atoms with Crippen molar-refractivity contribution in [1.82, 2.24) is 9.47 Å². The lowest BCUT2D eigenvalue weighted by molar-refractivity contribution is 0.00578. The van der Waals surface area contributed by atoms with Crippen molar-refractivity contribution in [2.24, 2.45) is 7.05 Å². The van der Waals surface area contributed by atoms with Crippen molar-refractivity contribution in [2.45, 2.75) is 91.3 Å². The molecule has 2 aliphatic rings. The van der Waals surface area contributed by atoms with Gasteiger partial charge in [0, 0.05) is 18.0 Å². The highest BCUT2D eigenvalue weighted by Crippen LogP contribution is 2.43. The molecular weight excluding hydrogens is 614 g/mol. The van der Waals surface area contributed by atoms with Crippen LogP contribution in [0.25, 0.3) is 10.9 Å². The van der Waals surface area contributed by atoms with Crippen molar-refractivity contribution in [2.75, 3.05) is 26.7 Å². The molecule has 2 fully saturated rings.